The third kappa shape index (κ3) is 5.44. The molecule has 2 aliphatic heterocycles. The van der Waals surface area contributed by atoms with Crippen LogP contribution in [0.25, 0.3) is 0 Å². The van der Waals surface area contributed by atoms with E-state index in [2.05, 4.69) is 64.0 Å². The summed E-state index contributed by atoms with van der Waals surface area (Å²) < 4.78 is 31.9. The summed E-state index contributed by atoms with van der Waals surface area (Å²) in [6, 6.07) is 3.42. The van der Waals surface area contributed by atoms with Crippen molar-refractivity contribution in [2.24, 2.45) is 29.6 Å². The fourth-order valence-electron chi connectivity index (χ4n) is 7.84. The quantitative estimate of drug-likeness (QED) is 0.243. The number of esters is 2. The first-order chi connectivity index (χ1) is 20.5. The number of nitrogens with one attached hydrogen (secondary N) is 1. The molecule has 1 spiro atoms. The molecule has 4 bridgehead atoms. The van der Waals surface area contributed by atoms with E-state index in [1.54, 1.807) is 18.3 Å². The van der Waals surface area contributed by atoms with Gasteiger partial charge < -0.3 is 33.5 Å². The summed E-state index contributed by atoms with van der Waals surface area (Å²) in [7, 11) is -0.645. The molecule has 0 aromatic carbocycles. The van der Waals surface area contributed by atoms with E-state index in [9.17, 15) is 14.7 Å². The molecule has 1 aromatic heterocycles. The zero-order chi connectivity index (χ0) is 32.4. The van der Waals surface area contributed by atoms with E-state index >= 15 is 0 Å². The fraction of sp³-hybridized carbons (Fsp3) is 0.706. The van der Waals surface area contributed by atoms with Crippen molar-refractivity contribution in [1.82, 2.24) is 4.98 Å². The molecule has 12 atom stereocenters. The first-order valence-corrected chi connectivity index (χ1v) is 18.9. The number of carbonyl (C=O) groups is 2. The Morgan fingerprint density at radius 3 is 2.55 bits per heavy atom. The van der Waals surface area contributed by atoms with Crippen LogP contribution in [0.15, 0.2) is 42.1 Å². The van der Waals surface area contributed by atoms with Crippen molar-refractivity contribution in [3.05, 3.63) is 47.8 Å². The lowest BCUT2D eigenvalue weighted by molar-refractivity contribution is -0.171. The van der Waals surface area contributed by atoms with Crippen molar-refractivity contribution in [2.75, 3.05) is 7.11 Å². The summed E-state index contributed by atoms with van der Waals surface area (Å²) in [4.78, 5) is 29.6. The molecule has 0 radical (unpaired) electrons. The average Bonchev–Trinajstić information content (AvgIpc) is 3.54. The van der Waals surface area contributed by atoms with Crippen molar-refractivity contribution in [2.45, 2.75) is 115 Å². The summed E-state index contributed by atoms with van der Waals surface area (Å²) in [6.45, 7) is 19.0. The zero-order valence-corrected chi connectivity index (χ0v) is 28.8. The number of ether oxygens (including phenoxy) is 4. The van der Waals surface area contributed by atoms with Crippen LogP contribution in [0.2, 0.25) is 18.1 Å². The summed E-state index contributed by atoms with van der Waals surface area (Å²) >= 11 is 0. The van der Waals surface area contributed by atoms with Gasteiger partial charge in [-0.15, -0.1) is 0 Å². The minimum atomic E-state index is -2.17. The molecular formula is C34H51NO8Si. The summed E-state index contributed by atoms with van der Waals surface area (Å²) in [6.07, 6.45) is 4.65. The van der Waals surface area contributed by atoms with E-state index < -0.39 is 56.4 Å². The van der Waals surface area contributed by atoms with Crippen LogP contribution in [0, 0.1) is 29.6 Å². The normalized spacial score (nSPS) is 40.8. The van der Waals surface area contributed by atoms with Gasteiger partial charge in [-0.1, -0.05) is 52.8 Å². The second-order valence-electron chi connectivity index (χ2n) is 14.9. The van der Waals surface area contributed by atoms with E-state index in [0.717, 1.165) is 5.57 Å². The molecule has 5 rings (SSSR count). The summed E-state index contributed by atoms with van der Waals surface area (Å²) in [5.41, 5.74) is 0.408. The van der Waals surface area contributed by atoms with E-state index in [-0.39, 0.29) is 40.7 Å². The number of aliphatic hydroxyl groups is 1. The van der Waals surface area contributed by atoms with E-state index in [1.807, 2.05) is 20.8 Å². The predicted molar refractivity (Wildman–Crippen MR) is 168 cm³/mol. The number of aromatic amines is 1. The first-order valence-electron chi connectivity index (χ1n) is 16.0. The second-order valence-corrected chi connectivity index (χ2v) is 19.7. The molecule has 1 aromatic rings. The highest BCUT2D eigenvalue weighted by Gasteiger charge is 2.69. The molecule has 1 saturated heterocycles. The van der Waals surface area contributed by atoms with E-state index in [1.165, 1.54) is 7.11 Å². The largest absolute Gasteiger partial charge is 0.457 e. The van der Waals surface area contributed by atoms with Gasteiger partial charge in [0, 0.05) is 42.9 Å². The van der Waals surface area contributed by atoms with E-state index in [4.69, 9.17) is 23.4 Å². The van der Waals surface area contributed by atoms with E-state index in [0.29, 0.717) is 12.1 Å². The SMILES string of the molecule is CO[C@H]1CC2C=C[C@H]3[C@H]4O[C@]2(/C(C)=C/[C@@H](C)[C@@H](C(C)O[Si](C)(C)C(C)(C)C)OC1=O)[C@@H]3[C@H](O)[C@@H](C)[C@H]4OC(=O)c1ccc[nH]1. The topological polar surface area (TPSA) is 116 Å². The highest BCUT2D eigenvalue weighted by atomic mass is 28.4. The number of hydrogen-bond acceptors (Lipinski definition) is 8. The number of hydrogen-bond donors (Lipinski definition) is 2. The highest BCUT2D eigenvalue weighted by Crippen LogP contribution is 2.61. The van der Waals surface area contributed by atoms with Crippen molar-refractivity contribution in [3.8, 4) is 0 Å². The molecule has 44 heavy (non-hydrogen) atoms. The third-order valence-electron chi connectivity index (χ3n) is 11.2. The maximum atomic E-state index is 13.7. The lowest BCUT2D eigenvalue weighted by Gasteiger charge is -2.49. The van der Waals surface area contributed by atoms with Crippen LogP contribution >= 0.6 is 0 Å². The van der Waals surface area contributed by atoms with Crippen LogP contribution in [0.3, 0.4) is 0 Å². The maximum Gasteiger partial charge on any atom is 0.355 e. The molecule has 2 unspecified atom stereocenters. The Morgan fingerprint density at radius 2 is 1.93 bits per heavy atom. The van der Waals surface area contributed by atoms with Gasteiger partial charge in [0.05, 0.1) is 12.2 Å². The molecule has 1 saturated carbocycles. The molecule has 10 heteroatoms. The Morgan fingerprint density at radius 1 is 1.23 bits per heavy atom. The Kier molecular flexibility index (Phi) is 8.92. The maximum absolute atomic E-state index is 13.7. The number of aromatic nitrogens is 1. The standard InChI is InChI=1S/C34H51NO8Si/c1-18-16-19(2)34-22(17-25(39-8)32(38)40-28(18)21(4)43-44(9,10)33(5,6)7)13-14-23-26(34)27(36)20(3)29(30(23)42-34)41-31(37)24-12-11-15-35-24/h11-16,18,20-23,25-30,35-36H,17H2,1-10H3/b19-16+/t18-,20-,21?,22?,23-,25+,26+,27-,28+,29-,30-,34+/m1/s1. The fourth-order valence-corrected chi connectivity index (χ4v) is 9.26. The highest BCUT2D eigenvalue weighted by molar-refractivity contribution is 6.74. The number of cyclic esters (lactones) is 1. The van der Waals surface area contributed by atoms with Gasteiger partial charge in [-0.25, -0.2) is 9.59 Å². The van der Waals surface area contributed by atoms with Gasteiger partial charge in [0.15, 0.2) is 14.4 Å². The monoisotopic (exact) mass is 629 g/mol. The van der Waals surface area contributed by atoms with Crippen LogP contribution < -0.4 is 0 Å². The van der Waals surface area contributed by atoms with Crippen molar-refractivity contribution in [3.63, 3.8) is 0 Å². The molecule has 4 aliphatic rings. The molecule has 0 amide bonds. The van der Waals surface area contributed by atoms with Gasteiger partial charge in [-0.05, 0) is 56.1 Å². The number of H-pyrrole nitrogens is 1. The van der Waals surface area contributed by atoms with Crippen molar-refractivity contribution >= 4 is 20.3 Å². The van der Waals surface area contributed by atoms with Crippen LogP contribution in [0.1, 0.15) is 65.4 Å². The zero-order valence-electron chi connectivity index (χ0n) is 27.8. The minimum absolute atomic E-state index is 0.0101. The van der Waals surface area contributed by atoms with Crippen molar-refractivity contribution < 1.29 is 38.1 Å². The van der Waals surface area contributed by atoms with Gasteiger partial charge in [0.2, 0.25) is 0 Å². The van der Waals surface area contributed by atoms with Crippen LogP contribution in [-0.2, 0) is 28.2 Å². The smallest absolute Gasteiger partial charge is 0.355 e. The number of carbonyl (C=O) groups excluding carboxylic acids is 2. The number of rotatable bonds is 6. The van der Waals surface area contributed by atoms with Crippen LogP contribution in [-0.4, -0.2) is 79.7 Å². The lowest BCUT2D eigenvalue weighted by Crippen LogP contribution is -2.57. The Hall–Kier alpha value is -2.24. The molecule has 3 heterocycles. The van der Waals surface area contributed by atoms with Crippen LogP contribution in [0.4, 0.5) is 0 Å². The van der Waals surface area contributed by atoms with Gasteiger partial charge in [0.1, 0.15) is 29.6 Å². The summed E-state index contributed by atoms with van der Waals surface area (Å²) in [5.74, 6) is -2.20. The average molecular weight is 630 g/mol. The molecule has 244 valence electrons. The first kappa shape index (κ1) is 33.1. The van der Waals surface area contributed by atoms with Gasteiger partial charge >= 0.3 is 11.9 Å². The Labute approximate surface area is 262 Å². The Balaban J connectivity index is 1.54. The minimum Gasteiger partial charge on any atom is -0.457 e. The summed E-state index contributed by atoms with van der Waals surface area (Å²) in [5, 5.41) is 11.9. The van der Waals surface area contributed by atoms with Gasteiger partial charge in [0.25, 0.3) is 0 Å². The molecule has 2 aliphatic carbocycles. The van der Waals surface area contributed by atoms with Gasteiger partial charge in [-0.2, -0.15) is 0 Å². The van der Waals surface area contributed by atoms with Crippen molar-refractivity contribution in [1.29, 1.82) is 0 Å². The number of aliphatic hydroxyl groups excluding tert-OH is 1. The number of methoxy groups -OCH3 is 1. The molecule has 9 nitrogen and oxygen atoms in total. The lowest BCUT2D eigenvalue weighted by atomic mass is 9.57. The molecule has 2 fully saturated rings. The third-order valence-corrected chi connectivity index (χ3v) is 15.8. The predicted octanol–water partition coefficient (Wildman–Crippen LogP) is 5.43. The molecular weight excluding hydrogens is 578 g/mol. The Bertz CT molecular complexity index is 1280. The molecule has 2 N–H and O–H groups in total. The van der Waals surface area contributed by atoms with Crippen LogP contribution in [0.5, 0.6) is 0 Å². The second kappa shape index (κ2) is 11.8. The van der Waals surface area contributed by atoms with Gasteiger partial charge in [-0.3, -0.25) is 0 Å².